The Labute approximate surface area is 104 Å². The quantitative estimate of drug-likeness (QED) is 0.664. The van der Waals surface area contributed by atoms with Gasteiger partial charge in [0.25, 0.3) is 0 Å². The zero-order valence-electron chi connectivity index (χ0n) is 8.60. The fourth-order valence-corrected chi connectivity index (χ4v) is 2.15. The summed E-state index contributed by atoms with van der Waals surface area (Å²) < 4.78 is 13.2. The van der Waals surface area contributed by atoms with Crippen LogP contribution in [0.4, 0.5) is 4.39 Å². The molecule has 0 heterocycles. The van der Waals surface area contributed by atoms with Gasteiger partial charge in [-0.15, -0.1) is 0 Å². The Kier molecular flexibility index (Phi) is 3.17. The Hall–Kier alpha value is -1.05. The van der Waals surface area contributed by atoms with Crippen LogP contribution in [-0.4, -0.2) is 0 Å². The lowest BCUT2D eigenvalue weighted by Gasteiger charge is -2.05. The van der Waals surface area contributed by atoms with Gasteiger partial charge in [-0.25, -0.2) is 4.39 Å². The van der Waals surface area contributed by atoms with E-state index in [0.717, 1.165) is 16.7 Å². The average Bonchev–Trinajstić information content (AvgIpc) is 2.14. The molecule has 0 nitrogen and oxygen atoms in total. The van der Waals surface area contributed by atoms with Crippen LogP contribution in [0.15, 0.2) is 36.4 Å². The highest BCUT2D eigenvalue weighted by Gasteiger charge is 2.03. The molecule has 0 aromatic heterocycles. The van der Waals surface area contributed by atoms with E-state index in [-0.39, 0.29) is 5.82 Å². The standard InChI is InChI=1S/C13H9Cl2F/c1-8-2-9(6-13(16)3-8)10-4-11(14)7-12(15)5-10/h2-7H,1H3. The summed E-state index contributed by atoms with van der Waals surface area (Å²) in [5.41, 5.74) is 2.47. The highest BCUT2D eigenvalue weighted by molar-refractivity contribution is 6.35. The summed E-state index contributed by atoms with van der Waals surface area (Å²) in [5, 5.41) is 1.09. The van der Waals surface area contributed by atoms with Gasteiger partial charge in [-0.3, -0.25) is 0 Å². The first-order valence-corrected chi connectivity index (χ1v) is 5.54. The third-order valence-corrected chi connectivity index (χ3v) is 2.67. The lowest BCUT2D eigenvalue weighted by molar-refractivity contribution is 0.627. The topological polar surface area (TPSA) is 0 Å². The monoisotopic (exact) mass is 254 g/mol. The fraction of sp³-hybridized carbons (Fsp3) is 0.0769. The number of aryl methyl sites for hydroxylation is 1. The maximum atomic E-state index is 13.2. The summed E-state index contributed by atoms with van der Waals surface area (Å²) in [7, 11) is 0. The molecule has 2 aromatic carbocycles. The second kappa shape index (κ2) is 4.44. The van der Waals surface area contributed by atoms with Crippen molar-refractivity contribution in [2.45, 2.75) is 6.92 Å². The Morgan fingerprint density at radius 2 is 1.38 bits per heavy atom. The molecule has 2 rings (SSSR count). The third kappa shape index (κ3) is 2.55. The number of hydrogen-bond acceptors (Lipinski definition) is 0. The molecule has 0 amide bonds. The highest BCUT2D eigenvalue weighted by atomic mass is 35.5. The minimum Gasteiger partial charge on any atom is -0.207 e. The van der Waals surface area contributed by atoms with E-state index in [0.29, 0.717) is 10.0 Å². The van der Waals surface area contributed by atoms with Crippen LogP contribution in [0.1, 0.15) is 5.56 Å². The molecule has 3 heteroatoms. The van der Waals surface area contributed by atoms with Crippen molar-refractivity contribution < 1.29 is 4.39 Å². The third-order valence-electron chi connectivity index (χ3n) is 2.24. The van der Waals surface area contributed by atoms with E-state index in [9.17, 15) is 4.39 Å². The zero-order valence-corrected chi connectivity index (χ0v) is 10.1. The summed E-state index contributed by atoms with van der Waals surface area (Å²) in [4.78, 5) is 0. The summed E-state index contributed by atoms with van der Waals surface area (Å²) >= 11 is 11.8. The molecule has 0 fully saturated rings. The van der Waals surface area contributed by atoms with E-state index >= 15 is 0 Å². The van der Waals surface area contributed by atoms with Gasteiger partial charge in [0.2, 0.25) is 0 Å². The maximum absolute atomic E-state index is 13.2. The Bertz CT molecular complexity index is 445. The van der Waals surface area contributed by atoms with Crippen LogP contribution in [0, 0.1) is 12.7 Å². The van der Waals surface area contributed by atoms with Gasteiger partial charge in [0, 0.05) is 10.0 Å². The average molecular weight is 255 g/mol. The second-order valence-corrected chi connectivity index (χ2v) is 4.55. The predicted octanol–water partition coefficient (Wildman–Crippen LogP) is 5.11. The molecule has 0 saturated carbocycles. The van der Waals surface area contributed by atoms with E-state index in [1.165, 1.54) is 12.1 Å². The first-order valence-electron chi connectivity index (χ1n) is 4.78. The van der Waals surface area contributed by atoms with Crippen molar-refractivity contribution in [3.8, 4) is 11.1 Å². The molecule has 0 N–H and O–H groups in total. The molecule has 0 spiro atoms. The molecular formula is C13H9Cl2F. The minimum absolute atomic E-state index is 0.258. The Morgan fingerprint density at radius 1 is 0.812 bits per heavy atom. The lowest BCUT2D eigenvalue weighted by atomic mass is 10.0. The van der Waals surface area contributed by atoms with Gasteiger partial charge >= 0.3 is 0 Å². The largest absolute Gasteiger partial charge is 0.207 e. The van der Waals surface area contributed by atoms with Crippen LogP contribution in [0.2, 0.25) is 10.0 Å². The van der Waals surface area contributed by atoms with Crippen molar-refractivity contribution in [3.63, 3.8) is 0 Å². The molecule has 0 aliphatic carbocycles. The molecule has 16 heavy (non-hydrogen) atoms. The van der Waals surface area contributed by atoms with Crippen LogP contribution in [0.5, 0.6) is 0 Å². The lowest BCUT2D eigenvalue weighted by Crippen LogP contribution is -1.83. The molecular weight excluding hydrogens is 246 g/mol. The van der Waals surface area contributed by atoms with Gasteiger partial charge in [0.05, 0.1) is 0 Å². The Balaban J connectivity index is 2.57. The van der Waals surface area contributed by atoms with Gasteiger partial charge in [-0.1, -0.05) is 29.3 Å². The Morgan fingerprint density at radius 3 is 1.94 bits per heavy atom. The van der Waals surface area contributed by atoms with E-state index in [1.54, 1.807) is 18.2 Å². The van der Waals surface area contributed by atoms with Crippen LogP contribution in [0.25, 0.3) is 11.1 Å². The molecule has 0 bridgehead atoms. The van der Waals surface area contributed by atoms with Crippen molar-refractivity contribution in [2.75, 3.05) is 0 Å². The number of rotatable bonds is 1. The van der Waals surface area contributed by atoms with Crippen molar-refractivity contribution >= 4 is 23.2 Å². The van der Waals surface area contributed by atoms with Crippen molar-refractivity contribution in [1.82, 2.24) is 0 Å². The minimum atomic E-state index is -0.258. The van der Waals surface area contributed by atoms with Crippen molar-refractivity contribution in [1.29, 1.82) is 0 Å². The fourth-order valence-electron chi connectivity index (χ4n) is 1.62. The van der Waals surface area contributed by atoms with Crippen LogP contribution >= 0.6 is 23.2 Å². The van der Waals surface area contributed by atoms with Gasteiger partial charge in [0.1, 0.15) is 5.82 Å². The molecule has 0 saturated heterocycles. The molecule has 0 radical (unpaired) electrons. The summed E-state index contributed by atoms with van der Waals surface area (Å²) in [6, 6.07) is 10.0. The van der Waals surface area contributed by atoms with Crippen LogP contribution in [-0.2, 0) is 0 Å². The van der Waals surface area contributed by atoms with Gasteiger partial charge in [0.15, 0.2) is 0 Å². The number of hydrogen-bond donors (Lipinski definition) is 0. The highest BCUT2D eigenvalue weighted by Crippen LogP contribution is 2.28. The molecule has 0 atom stereocenters. The molecule has 82 valence electrons. The maximum Gasteiger partial charge on any atom is 0.124 e. The smallest absolute Gasteiger partial charge is 0.124 e. The van der Waals surface area contributed by atoms with E-state index < -0.39 is 0 Å². The van der Waals surface area contributed by atoms with Crippen molar-refractivity contribution in [3.05, 3.63) is 57.8 Å². The van der Waals surface area contributed by atoms with Crippen LogP contribution in [0.3, 0.4) is 0 Å². The zero-order chi connectivity index (χ0) is 11.7. The first-order chi connectivity index (χ1) is 7.54. The first kappa shape index (κ1) is 11.4. The van der Waals surface area contributed by atoms with E-state index in [1.807, 2.05) is 13.0 Å². The van der Waals surface area contributed by atoms with Gasteiger partial charge in [-0.05, 0) is 53.9 Å². The summed E-state index contributed by atoms with van der Waals surface area (Å²) in [5.74, 6) is -0.258. The molecule has 0 unspecified atom stereocenters. The SMILES string of the molecule is Cc1cc(F)cc(-c2cc(Cl)cc(Cl)c2)c1. The van der Waals surface area contributed by atoms with Gasteiger partial charge < -0.3 is 0 Å². The van der Waals surface area contributed by atoms with E-state index in [4.69, 9.17) is 23.2 Å². The van der Waals surface area contributed by atoms with Crippen LogP contribution < -0.4 is 0 Å². The summed E-state index contributed by atoms with van der Waals surface area (Å²) in [6.07, 6.45) is 0. The molecule has 0 aliphatic rings. The second-order valence-electron chi connectivity index (χ2n) is 3.68. The van der Waals surface area contributed by atoms with E-state index in [2.05, 4.69) is 0 Å². The number of benzene rings is 2. The normalized spacial score (nSPS) is 10.5. The number of halogens is 3. The summed E-state index contributed by atoms with van der Waals surface area (Å²) in [6.45, 7) is 1.85. The van der Waals surface area contributed by atoms with Gasteiger partial charge in [-0.2, -0.15) is 0 Å². The van der Waals surface area contributed by atoms with Crippen molar-refractivity contribution in [2.24, 2.45) is 0 Å². The molecule has 0 aliphatic heterocycles. The molecule has 2 aromatic rings. The predicted molar refractivity (Wildman–Crippen MR) is 66.6 cm³/mol.